The van der Waals surface area contributed by atoms with Gasteiger partial charge in [-0.1, -0.05) is 19.9 Å². The van der Waals surface area contributed by atoms with Gasteiger partial charge in [0.25, 0.3) is 5.91 Å². The number of imidazole rings is 1. The molecule has 0 radical (unpaired) electrons. The predicted octanol–water partition coefficient (Wildman–Crippen LogP) is 3.72. The lowest BCUT2D eigenvalue weighted by atomic mass is 10.0. The number of aliphatic hydroxyl groups excluding tert-OH is 1. The van der Waals surface area contributed by atoms with Crippen LogP contribution in [0.1, 0.15) is 44.1 Å². The van der Waals surface area contributed by atoms with Crippen molar-refractivity contribution in [2.75, 3.05) is 6.61 Å². The number of alkyl halides is 2. The summed E-state index contributed by atoms with van der Waals surface area (Å²) in [7, 11) is 0. The van der Waals surface area contributed by atoms with Crippen molar-refractivity contribution in [1.82, 2.24) is 14.5 Å². The molecule has 1 heterocycles. The van der Waals surface area contributed by atoms with E-state index in [0.29, 0.717) is 22.3 Å². The number of hydrogen-bond acceptors (Lipinski definition) is 4. The Hall–Kier alpha value is -3.20. The summed E-state index contributed by atoms with van der Waals surface area (Å²) in [5.41, 5.74) is 1.41. The van der Waals surface area contributed by atoms with E-state index in [9.17, 15) is 23.5 Å². The molecule has 3 rings (SSSR count). The largest absolute Gasteiger partial charge is 0.435 e. The predicted molar refractivity (Wildman–Crippen MR) is 118 cm³/mol. The maximum Gasteiger partial charge on any atom is 0.387 e. The van der Waals surface area contributed by atoms with E-state index >= 15 is 0 Å². The van der Waals surface area contributed by atoms with Crippen LogP contribution in [0.5, 0.6) is 5.75 Å². The van der Waals surface area contributed by atoms with Crippen molar-refractivity contribution in [2.24, 2.45) is 5.92 Å². The van der Waals surface area contributed by atoms with Crippen LogP contribution in [0, 0.1) is 5.92 Å². The van der Waals surface area contributed by atoms with Crippen molar-refractivity contribution < 1.29 is 23.4 Å². The zero-order valence-electron chi connectivity index (χ0n) is 18.4. The standard InChI is InChI=1S/C23H27F2N3O4/c1-13(2)18(12-29)26-21(30)15-8-9-19-20(10-15)27(14(3)4)23(31)28(19)16-6-5-7-17(11-16)32-22(24)25/h5-11,13-14,18,22,29H,12H2,1-4H3,(H,26,30)/t18-/m1/s1. The zero-order valence-corrected chi connectivity index (χ0v) is 18.4. The monoisotopic (exact) mass is 447 g/mol. The molecule has 2 aromatic carbocycles. The molecular weight excluding hydrogens is 420 g/mol. The zero-order chi connectivity index (χ0) is 23.6. The molecule has 2 N–H and O–H groups in total. The average molecular weight is 447 g/mol. The number of halogens is 2. The van der Waals surface area contributed by atoms with Crippen LogP contribution in [0.15, 0.2) is 47.3 Å². The van der Waals surface area contributed by atoms with Crippen LogP contribution in [0.25, 0.3) is 16.7 Å². The molecule has 32 heavy (non-hydrogen) atoms. The second-order valence-corrected chi connectivity index (χ2v) is 8.17. The number of fused-ring (bicyclic) bond motifs is 1. The minimum atomic E-state index is -2.98. The number of nitrogens with one attached hydrogen (secondary N) is 1. The summed E-state index contributed by atoms with van der Waals surface area (Å²) in [6.45, 7) is 4.31. The Morgan fingerprint density at radius 3 is 2.41 bits per heavy atom. The van der Waals surface area contributed by atoms with E-state index in [4.69, 9.17) is 0 Å². The van der Waals surface area contributed by atoms with Crippen LogP contribution in [0.4, 0.5) is 8.78 Å². The number of amides is 1. The highest BCUT2D eigenvalue weighted by molar-refractivity contribution is 5.98. The van der Waals surface area contributed by atoms with Crippen LogP contribution in [0.3, 0.4) is 0 Å². The van der Waals surface area contributed by atoms with Gasteiger partial charge in [0.15, 0.2) is 0 Å². The van der Waals surface area contributed by atoms with E-state index in [1.807, 2.05) is 27.7 Å². The van der Waals surface area contributed by atoms with Gasteiger partial charge in [-0.2, -0.15) is 8.78 Å². The van der Waals surface area contributed by atoms with Gasteiger partial charge in [0.05, 0.1) is 29.4 Å². The van der Waals surface area contributed by atoms with Crippen molar-refractivity contribution in [3.05, 3.63) is 58.5 Å². The van der Waals surface area contributed by atoms with Crippen molar-refractivity contribution in [3.8, 4) is 11.4 Å². The molecule has 0 aliphatic heterocycles. The molecule has 9 heteroatoms. The van der Waals surface area contributed by atoms with Crippen LogP contribution < -0.4 is 15.7 Å². The molecule has 0 aliphatic rings. The third kappa shape index (κ3) is 4.67. The second-order valence-electron chi connectivity index (χ2n) is 8.17. The highest BCUT2D eigenvalue weighted by atomic mass is 19.3. The lowest BCUT2D eigenvalue weighted by Crippen LogP contribution is -2.41. The van der Waals surface area contributed by atoms with Crippen LogP contribution in [-0.2, 0) is 0 Å². The maximum atomic E-state index is 13.3. The first-order valence-corrected chi connectivity index (χ1v) is 10.4. The van der Waals surface area contributed by atoms with Crippen LogP contribution in [-0.4, -0.2) is 39.4 Å². The quantitative estimate of drug-likeness (QED) is 0.551. The molecule has 0 saturated carbocycles. The molecule has 172 valence electrons. The first kappa shape index (κ1) is 23.5. The number of aliphatic hydroxyl groups is 1. The van der Waals surface area contributed by atoms with Gasteiger partial charge in [-0.15, -0.1) is 0 Å². The highest BCUT2D eigenvalue weighted by Gasteiger charge is 2.21. The lowest BCUT2D eigenvalue weighted by Gasteiger charge is -2.20. The van der Waals surface area contributed by atoms with Crippen molar-refractivity contribution >= 4 is 16.9 Å². The van der Waals surface area contributed by atoms with E-state index in [0.717, 1.165) is 0 Å². The van der Waals surface area contributed by atoms with Gasteiger partial charge in [0, 0.05) is 17.7 Å². The molecule has 1 aromatic heterocycles. The third-order valence-electron chi connectivity index (χ3n) is 5.27. The number of carbonyl (C=O) groups excluding carboxylic acids is 1. The third-order valence-corrected chi connectivity index (χ3v) is 5.27. The number of benzene rings is 2. The summed E-state index contributed by atoms with van der Waals surface area (Å²) in [5.74, 6) is -0.373. The Morgan fingerprint density at radius 1 is 1.09 bits per heavy atom. The summed E-state index contributed by atoms with van der Waals surface area (Å²) < 4.78 is 32.7. The molecule has 3 aromatic rings. The summed E-state index contributed by atoms with van der Waals surface area (Å²) in [6, 6.07) is 10.2. The minimum absolute atomic E-state index is 0.0466. The van der Waals surface area contributed by atoms with E-state index < -0.39 is 12.7 Å². The van der Waals surface area contributed by atoms with Crippen molar-refractivity contribution in [3.63, 3.8) is 0 Å². The normalized spacial score (nSPS) is 12.7. The first-order chi connectivity index (χ1) is 15.1. The summed E-state index contributed by atoms with van der Waals surface area (Å²) in [5, 5.41) is 12.3. The summed E-state index contributed by atoms with van der Waals surface area (Å²) >= 11 is 0. The molecule has 1 atom stereocenters. The Morgan fingerprint density at radius 2 is 1.81 bits per heavy atom. The molecule has 7 nitrogen and oxygen atoms in total. The van der Waals surface area contributed by atoms with Crippen molar-refractivity contribution in [2.45, 2.75) is 46.4 Å². The first-order valence-electron chi connectivity index (χ1n) is 10.4. The molecule has 0 fully saturated rings. The SMILES string of the molecule is CC(C)[C@@H](CO)NC(=O)c1ccc2c(c1)n(C(C)C)c(=O)n2-c1cccc(OC(F)F)c1. The van der Waals surface area contributed by atoms with Gasteiger partial charge in [-0.05, 0) is 50.1 Å². The topological polar surface area (TPSA) is 85.5 Å². The molecule has 0 aliphatic carbocycles. The van der Waals surface area contributed by atoms with Gasteiger partial charge in [0.1, 0.15) is 5.75 Å². The number of rotatable bonds is 8. The van der Waals surface area contributed by atoms with Crippen LogP contribution in [0.2, 0.25) is 0 Å². The average Bonchev–Trinajstić information content (AvgIpc) is 3.02. The number of hydrogen-bond donors (Lipinski definition) is 2. The number of ether oxygens (including phenoxy) is 1. The molecule has 0 bridgehead atoms. The Kier molecular flexibility index (Phi) is 6.98. The fraction of sp³-hybridized carbons (Fsp3) is 0.391. The molecular formula is C23H27F2N3O4. The van der Waals surface area contributed by atoms with Gasteiger partial charge >= 0.3 is 12.3 Å². The molecule has 0 unspecified atom stereocenters. The minimum Gasteiger partial charge on any atom is -0.435 e. The number of aromatic nitrogens is 2. The fourth-order valence-corrected chi connectivity index (χ4v) is 3.58. The fourth-order valence-electron chi connectivity index (χ4n) is 3.58. The van der Waals surface area contributed by atoms with Gasteiger partial charge in [-0.3, -0.25) is 13.9 Å². The second kappa shape index (κ2) is 9.52. The number of carbonyl (C=O) groups is 1. The van der Waals surface area contributed by atoms with E-state index in [-0.39, 0.29) is 35.9 Å². The molecule has 1 amide bonds. The van der Waals surface area contributed by atoms with Crippen molar-refractivity contribution in [1.29, 1.82) is 0 Å². The van der Waals surface area contributed by atoms with Crippen LogP contribution >= 0.6 is 0 Å². The van der Waals surface area contributed by atoms with E-state index in [1.165, 1.54) is 22.8 Å². The Labute approximate surface area is 184 Å². The number of nitrogens with zero attached hydrogens (tertiary/aromatic N) is 2. The van der Waals surface area contributed by atoms with Gasteiger partial charge in [0.2, 0.25) is 0 Å². The van der Waals surface area contributed by atoms with Gasteiger partial charge in [-0.25, -0.2) is 4.79 Å². The van der Waals surface area contributed by atoms with E-state index in [2.05, 4.69) is 10.1 Å². The maximum absolute atomic E-state index is 13.3. The Balaban J connectivity index is 2.12. The van der Waals surface area contributed by atoms with Gasteiger partial charge < -0.3 is 15.2 Å². The summed E-state index contributed by atoms with van der Waals surface area (Å²) in [6.07, 6.45) is 0. The Bertz CT molecular complexity index is 1170. The molecule has 0 saturated heterocycles. The highest BCUT2D eigenvalue weighted by Crippen LogP contribution is 2.25. The smallest absolute Gasteiger partial charge is 0.387 e. The lowest BCUT2D eigenvalue weighted by molar-refractivity contribution is -0.0498. The summed E-state index contributed by atoms with van der Waals surface area (Å²) in [4.78, 5) is 26.0. The van der Waals surface area contributed by atoms with E-state index in [1.54, 1.807) is 28.8 Å². The molecule has 0 spiro atoms.